The number of fused-ring (bicyclic) bond motifs is 1. The lowest BCUT2D eigenvalue weighted by Gasteiger charge is -2.22. The van der Waals surface area contributed by atoms with E-state index in [-0.39, 0.29) is 6.54 Å². The summed E-state index contributed by atoms with van der Waals surface area (Å²) >= 11 is 0. The maximum absolute atomic E-state index is 12.7. The van der Waals surface area contributed by atoms with Gasteiger partial charge in [0.15, 0.2) is 0 Å². The number of nitrogens with one attached hydrogen (secondary N) is 1. The summed E-state index contributed by atoms with van der Waals surface area (Å²) in [5, 5.41) is 3.69. The maximum atomic E-state index is 12.7. The number of ether oxygens (including phenoxy) is 2. The van der Waals surface area contributed by atoms with Crippen molar-refractivity contribution in [3.8, 4) is 5.75 Å². The topological polar surface area (TPSA) is 55.7 Å². The number of hydrogen-bond acceptors (Lipinski definition) is 5. The number of hydrogen-bond donors (Lipinski definition) is 1. The first-order valence-electron chi connectivity index (χ1n) is 10.2. The number of carbonyl (C=O) groups excluding carboxylic acids is 1. The predicted molar refractivity (Wildman–Crippen MR) is 115 cm³/mol. The van der Waals surface area contributed by atoms with Crippen LogP contribution in [-0.2, 0) is 11.3 Å². The molecule has 1 N–H and O–H groups in total. The Morgan fingerprint density at radius 2 is 1.90 bits per heavy atom. The van der Waals surface area contributed by atoms with Crippen molar-refractivity contribution < 1.29 is 27.4 Å². The van der Waals surface area contributed by atoms with Crippen LogP contribution in [0.2, 0.25) is 0 Å². The average molecular weight is 444 g/mol. The minimum absolute atomic E-state index is 0.103. The molecule has 0 atom stereocenters. The highest BCUT2D eigenvalue weighted by Gasteiger charge is 2.26. The number of carbonyl (C=O) groups is 1. The van der Waals surface area contributed by atoms with Crippen molar-refractivity contribution in [2.75, 3.05) is 33.8 Å². The van der Waals surface area contributed by atoms with E-state index >= 15 is 0 Å². The van der Waals surface area contributed by atoms with E-state index in [4.69, 9.17) is 9.47 Å². The number of aryl methyl sites for hydroxylation is 1. The first kappa shape index (κ1) is 25.0. The molecule has 0 saturated heterocycles. The molecule has 0 fully saturated rings. The Balaban J connectivity index is 2.19. The lowest BCUT2D eigenvalue weighted by molar-refractivity contribution is -0.133. The largest absolute Gasteiger partial charge is 0.496 e. The standard InChI is InChI=1S/C22H32F3N3O3/c1-15-13-18(30-6)17(14-27(5)12-10-26-9-8-22(23,24)25)16-7-11-28(19(15)16)20(29)31-21(2,3)4/h7,11,13,26H,8-10,12,14H2,1-6H3. The van der Waals surface area contributed by atoms with Crippen LogP contribution in [0, 0.1) is 6.92 Å². The minimum atomic E-state index is -4.15. The SMILES string of the molecule is COc1cc(C)c2c(ccn2C(=O)OC(C)(C)C)c1CN(C)CCNCCC(F)(F)F. The molecule has 1 aromatic heterocycles. The zero-order valence-electron chi connectivity index (χ0n) is 19.0. The first-order chi connectivity index (χ1) is 14.3. The van der Waals surface area contributed by atoms with Crippen molar-refractivity contribution in [3.05, 3.63) is 29.5 Å². The molecule has 6 nitrogen and oxygen atoms in total. The van der Waals surface area contributed by atoms with E-state index in [1.54, 1.807) is 13.3 Å². The van der Waals surface area contributed by atoms with Crippen LogP contribution < -0.4 is 10.1 Å². The molecular formula is C22H32F3N3O3. The van der Waals surface area contributed by atoms with Crippen LogP contribution in [0.15, 0.2) is 18.3 Å². The van der Waals surface area contributed by atoms with Gasteiger partial charge in [0, 0.05) is 43.3 Å². The average Bonchev–Trinajstić information content (AvgIpc) is 3.07. The Labute approximate surface area is 181 Å². The van der Waals surface area contributed by atoms with Gasteiger partial charge < -0.3 is 19.7 Å². The van der Waals surface area contributed by atoms with Gasteiger partial charge in [0.2, 0.25) is 0 Å². The Hall–Kier alpha value is -2.26. The van der Waals surface area contributed by atoms with Gasteiger partial charge in [-0.3, -0.25) is 4.57 Å². The molecule has 1 heterocycles. The predicted octanol–water partition coefficient (Wildman–Crippen LogP) is 4.72. The smallest absolute Gasteiger partial charge is 0.419 e. The summed E-state index contributed by atoms with van der Waals surface area (Å²) in [6.45, 7) is 8.75. The van der Waals surface area contributed by atoms with Gasteiger partial charge in [-0.05, 0) is 52.4 Å². The van der Waals surface area contributed by atoms with Gasteiger partial charge in [-0.15, -0.1) is 0 Å². The lowest BCUT2D eigenvalue weighted by Crippen LogP contribution is -2.31. The Kier molecular flexibility index (Phi) is 7.99. The highest BCUT2D eigenvalue weighted by Crippen LogP contribution is 2.33. The zero-order chi connectivity index (χ0) is 23.4. The van der Waals surface area contributed by atoms with Crippen LogP contribution in [0.1, 0.15) is 38.3 Å². The molecule has 0 unspecified atom stereocenters. The summed E-state index contributed by atoms with van der Waals surface area (Å²) in [4.78, 5) is 14.7. The fourth-order valence-corrected chi connectivity index (χ4v) is 3.35. The van der Waals surface area contributed by atoms with Crippen LogP contribution in [0.3, 0.4) is 0 Å². The highest BCUT2D eigenvalue weighted by molar-refractivity contribution is 5.95. The second-order valence-electron chi connectivity index (χ2n) is 8.66. The third-order valence-electron chi connectivity index (χ3n) is 4.72. The van der Waals surface area contributed by atoms with Crippen LogP contribution in [-0.4, -0.2) is 61.1 Å². The van der Waals surface area contributed by atoms with Gasteiger partial charge in [-0.25, -0.2) is 4.79 Å². The Morgan fingerprint density at radius 3 is 2.48 bits per heavy atom. The van der Waals surface area contributed by atoms with Crippen molar-refractivity contribution in [1.29, 1.82) is 0 Å². The number of likely N-dealkylation sites (N-methyl/N-ethyl adjacent to an activating group) is 1. The molecule has 0 spiro atoms. The molecule has 9 heteroatoms. The van der Waals surface area contributed by atoms with Crippen molar-refractivity contribution in [2.45, 2.75) is 52.4 Å². The van der Waals surface area contributed by atoms with E-state index in [1.807, 2.05) is 51.8 Å². The van der Waals surface area contributed by atoms with E-state index in [2.05, 4.69) is 5.32 Å². The van der Waals surface area contributed by atoms with Crippen molar-refractivity contribution in [1.82, 2.24) is 14.8 Å². The van der Waals surface area contributed by atoms with Gasteiger partial charge in [0.1, 0.15) is 11.4 Å². The number of nitrogens with zero attached hydrogens (tertiary/aromatic N) is 2. The van der Waals surface area contributed by atoms with Crippen LogP contribution in [0.5, 0.6) is 5.75 Å². The summed E-state index contributed by atoms with van der Waals surface area (Å²) in [6, 6.07) is 3.74. The number of halogens is 3. The van der Waals surface area contributed by atoms with Gasteiger partial charge in [-0.2, -0.15) is 13.2 Å². The molecule has 0 aliphatic heterocycles. The zero-order valence-corrected chi connectivity index (χ0v) is 19.0. The quantitative estimate of drug-likeness (QED) is 0.599. The van der Waals surface area contributed by atoms with Crippen LogP contribution in [0.25, 0.3) is 10.9 Å². The summed E-state index contributed by atoms with van der Waals surface area (Å²) in [6.07, 6.45) is -3.76. The van der Waals surface area contributed by atoms with Gasteiger partial charge in [-0.1, -0.05) is 0 Å². The minimum Gasteiger partial charge on any atom is -0.496 e. The van der Waals surface area contributed by atoms with Gasteiger partial charge >= 0.3 is 12.3 Å². The second kappa shape index (κ2) is 9.91. The molecular weight excluding hydrogens is 411 g/mol. The molecule has 0 bridgehead atoms. The van der Waals surface area contributed by atoms with Crippen molar-refractivity contribution >= 4 is 17.0 Å². The summed E-state index contributed by atoms with van der Waals surface area (Å²) in [5.74, 6) is 0.698. The highest BCUT2D eigenvalue weighted by atomic mass is 19.4. The van der Waals surface area contributed by atoms with Crippen molar-refractivity contribution in [2.24, 2.45) is 0 Å². The number of aromatic nitrogens is 1. The molecule has 0 aliphatic rings. The third kappa shape index (κ3) is 7.14. The number of methoxy groups -OCH3 is 1. The van der Waals surface area contributed by atoms with Crippen LogP contribution in [0.4, 0.5) is 18.0 Å². The molecule has 2 rings (SSSR count). The summed E-state index contributed by atoms with van der Waals surface area (Å²) in [7, 11) is 3.48. The number of rotatable bonds is 8. The molecule has 0 saturated carbocycles. The summed E-state index contributed by atoms with van der Waals surface area (Å²) < 4.78 is 49.3. The van der Waals surface area contributed by atoms with E-state index in [0.717, 1.165) is 22.0 Å². The van der Waals surface area contributed by atoms with Crippen molar-refractivity contribution in [3.63, 3.8) is 0 Å². The first-order valence-corrected chi connectivity index (χ1v) is 10.2. The molecule has 174 valence electrons. The van der Waals surface area contributed by atoms with Gasteiger partial charge in [0.05, 0.1) is 19.0 Å². The molecule has 0 aliphatic carbocycles. The van der Waals surface area contributed by atoms with E-state index in [0.29, 0.717) is 25.4 Å². The number of alkyl halides is 3. The van der Waals surface area contributed by atoms with Crippen LogP contribution >= 0.6 is 0 Å². The van der Waals surface area contributed by atoms with E-state index in [9.17, 15) is 18.0 Å². The maximum Gasteiger partial charge on any atom is 0.419 e. The fraction of sp³-hybridized carbons (Fsp3) is 0.591. The second-order valence-corrected chi connectivity index (χ2v) is 8.66. The molecule has 31 heavy (non-hydrogen) atoms. The summed E-state index contributed by atoms with van der Waals surface area (Å²) in [5.41, 5.74) is 1.92. The number of benzene rings is 1. The Bertz CT molecular complexity index is 901. The lowest BCUT2D eigenvalue weighted by atomic mass is 10.0. The third-order valence-corrected chi connectivity index (χ3v) is 4.72. The molecule has 0 amide bonds. The molecule has 2 aromatic rings. The molecule has 1 aromatic carbocycles. The van der Waals surface area contributed by atoms with E-state index < -0.39 is 24.3 Å². The molecule has 0 radical (unpaired) electrons. The Morgan fingerprint density at radius 1 is 1.23 bits per heavy atom. The van der Waals surface area contributed by atoms with Gasteiger partial charge in [0.25, 0.3) is 0 Å². The fourth-order valence-electron chi connectivity index (χ4n) is 3.35. The monoisotopic (exact) mass is 443 g/mol. The van der Waals surface area contributed by atoms with E-state index in [1.165, 1.54) is 4.57 Å². The normalized spacial score (nSPS) is 12.6.